The van der Waals surface area contributed by atoms with Gasteiger partial charge in [-0.05, 0) is 30.2 Å². The van der Waals surface area contributed by atoms with E-state index in [0.717, 1.165) is 42.1 Å². The fraction of sp³-hybridized carbons (Fsp3) is 0.333. The summed E-state index contributed by atoms with van der Waals surface area (Å²) < 4.78 is 11.7. The summed E-state index contributed by atoms with van der Waals surface area (Å²) in [6.07, 6.45) is 1.82. The van der Waals surface area contributed by atoms with E-state index in [9.17, 15) is 0 Å². The minimum atomic E-state index is 0.00938. The van der Waals surface area contributed by atoms with Crippen LogP contribution in [0.3, 0.4) is 0 Å². The van der Waals surface area contributed by atoms with Crippen LogP contribution in [0.15, 0.2) is 48.5 Å². The lowest BCUT2D eigenvalue weighted by atomic mass is 9.93. The zero-order chi connectivity index (χ0) is 14.7. The summed E-state index contributed by atoms with van der Waals surface area (Å²) in [7, 11) is 0. The number of hydrogen-bond donors (Lipinski definition) is 1. The highest BCUT2D eigenvalue weighted by atomic mass is 16.5. The van der Waals surface area contributed by atoms with E-state index in [0.29, 0.717) is 0 Å². The van der Waals surface area contributed by atoms with E-state index in [2.05, 4.69) is 19.1 Å². The van der Waals surface area contributed by atoms with Crippen molar-refractivity contribution in [1.29, 1.82) is 0 Å². The molecule has 21 heavy (non-hydrogen) atoms. The number of benzene rings is 2. The first kappa shape index (κ1) is 14.0. The van der Waals surface area contributed by atoms with Gasteiger partial charge in [0.05, 0.1) is 6.61 Å². The molecule has 3 heteroatoms. The number of nitrogens with two attached hydrogens (primary N) is 1. The van der Waals surface area contributed by atoms with E-state index >= 15 is 0 Å². The van der Waals surface area contributed by atoms with Gasteiger partial charge < -0.3 is 15.2 Å². The van der Waals surface area contributed by atoms with Crippen LogP contribution in [0.2, 0.25) is 0 Å². The van der Waals surface area contributed by atoms with Crippen LogP contribution in [0.1, 0.15) is 43.0 Å². The molecule has 0 radical (unpaired) electrons. The Morgan fingerprint density at radius 2 is 1.90 bits per heavy atom. The standard InChI is InChI=1S/C18H21NO2/c1-2-11-20-14-9-7-13(8-10-14)18-12-16(19)15-5-3-4-6-17(15)21-18/h3-10,16,18H,2,11-12,19H2,1H3/t16-,18?/m0/s1. The lowest BCUT2D eigenvalue weighted by molar-refractivity contribution is 0.161. The second kappa shape index (κ2) is 6.19. The van der Waals surface area contributed by atoms with E-state index in [-0.39, 0.29) is 12.1 Å². The van der Waals surface area contributed by atoms with Crippen molar-refractivity contribution in [3.05, 3.63) is 59.7 Å². The van der Waals surface area contributed by atoms with Crippen molar-refractivity contribution in [3.8, 4) is 11.5 Å². The lowest BCUT2D eigenvalue weighted by Gasteiger charge is -2.30. The Labute approximate surface area is 125 Å². The first-order chi connectivity index (χ1) is 10.3. The predicted molar refractivity (Wildman–Crippen MR) is 83.6 cm³/mol. The molecular formula is C18H21NO2. The van der Waals surface area contributed by atoms with Crippen molar-refractivity contribution in [3.63, 3.8) is 0 Å². The van der Waals surface area contributed by atoms with Gasteiger partial charge in [-0.15, -0.1) is 0 Å². The van der Waals surface area contributed by atoms with Crippen LogP contribution < -0.4 is 15.2 Å². The molecule has 3 nitrogen and oxygen atoms in total. The molecule has 2 aromatic carbocycles. The van der Waals surface area contributed by atoms with Gasteiger partial charge >= 0.3 is 0 Å². The summed E-state index contributed by atoms with van der Waals surface area (Å²) in [5, 5.41) is 0. The first-order valence-electron chi connectivity index (χ1n) is 7.52. The molecule has 110 valence electrons. The molecular weight excluding hydrogens is 262 g/mol. The monoisotopic (exact) mass is 283 g/mol. The Kier molecular flexibility index (Phi) is 4.11. The quantitative estimate of drug-likeness (QED) is 0.922. The molecule has 1 aliphatic heterocycles. The van der Waals surface area contributed by atoms with Crippen molar-refractivity contribution < 1.29 is 9.47 Å². The fourth-order valence-electron chi connectivity index (χ4n) is 2.66. The smallest absolute Gasteiger partial charge is 0.126 e. The van der Waals surface area contributed by atoms with Crippen molar-refractivity contribution in [2.75, 3.05) is 6.61 Å². The lowest BCUT2D eigenvalue weighted by Crippen LogP contribution is -2.24. The van der Waals surface area contributed by atoms with Crippen LogP contribution in [0.5, 0.6) is 11.5 Å². The maximum Gasteiger partial charge on any atom is 0.126 e. The van der Waals surface area contributed by atoms with E-state index < -0.39 is 0 Å². The maximum atomic E-state index is 6.27. The molecule has 0 saturated carbocycles. The van der Waals surface area contributed by atoms with Crippen LogP contribution in [0.25, 0.3) is 0 Å². The van der Waals surface area contributed by atoms with Crippen molar-refractivity contribution in [1.82, 2.24) is 0 Å². The van der Waals surface area contributed by atoms with Gasteiger partial charge in [-0.25, -0.2) is 0 Å². The molecule has 0 fully saturated rings. The van der Waals surface area contributed by atoms with E-state index in [4.69, 9.17) is 15.2 Å². The molecule has 0 spiro atoms. The third-order valence-corrected chi connectivity index (χ3v) is 3.78. The minimum absolute atomic E-state index is 0.00938. The van der Waals surface area contributed by atoms with Crippen LogP contribution in [-0.4, -0.2) is 6.61 Å². The molecule has 2 atom stereocenters. The zero-order valence-electron chi connectivity index (χ0n) is 12.3. The second-order valence-electron chi connectivity index (χ2n) is 5.40. The van der Waals surface area contributed by atoms with E-state index in [1.54, 1.807) is 0 Å². The predicted octanol–water partition coefficient (Wildman–Crippen LogP) is 4.00. The SMILES string of the molecule is CCCOc1ccc(C2C[C@H](N)c3ccccc3O2)cc1. The highest BCUT2D eigenvalue weighted by Crippen LogP contribution is 2.39. The van der Waals surface area contributed by atoms with Crippen LogP contribution in [-0.2, 0) is 0 Å². The summed E-state index contributed by atoms with van der Waals surface area (Å²) in [6, 6.07) is 16.2. The van der Waals surface area contributed by atoms with Gasteiger partial charge in [0.15, 0.2) is 0 Å². The third-order valence-electron chi connectivity index (χ3n) is 3.78. The number of hydrogen-bond acceptors (Lipinski definition) is 3. The van der Waals surface area contributed by atoms with Gasteiger partial charge in [-0.2, -0.15) is 0 Å². The third kappa shape index (κ3) is 3.03. The van der Waals surface area contributed by atoms with Crippen molar-refractivity contribution in [2.24, 2.45) is 5.73 Å². The summed E-state index contributed by atoms with van der Waals surface area (Å²) in [6.45, 7) is 2.85. The fourth-order valence-corrected chi connectivity index (χ4v) is 2.66. The minimum Gasteiger partial charge on any atom is -0.494 e. The molecule has 2 N–H and O–H groups in total. The summed E-state index contributed by atoms with van der Waals surface area (Å²) >= 11 is 0. The van der Waals surface area contributed by atoms with E-state index in [1.807, 2.05) is 36.4 Å². The van der Waals surface area contributed by atoms with Gasteiger partial charge in [0.2, 0.25) is 0 Å². The maximum absolute atomic E-state index is 6.27. The highest BCUT2D eigenvalue weighted by Gasteiger charge is 2.26. The molecule has 3 rings (SSSR count). The molecule has 1 aliphatic rings. The summed E-state index contributed by atoms with van der Waals surface area (Å²) in [5.41, 5.74) is 8.50. The average Bonchev–Trinajstić information content (AvgIpc) is 2.53. The van der Waals surface area contributed by atoms with Crippen LogP contribution in [0, 0.1) is 0 Å². The number of para-hydroxylation sites is 1. The summed E-state index contributed by atoms with van der Waals surface area (Å²) in [4.78, 5) is 0. The molecule has 0 saturated heterocycles. The molecule has 2 aromatic rings. The first-order valence-corrected chi connectivity index (χ1v) is 7.52. The average molecular weight is 283 g/mol. The second-order valence-corrected chi connectivity index (χ2v) is 5.40. The Morgan fingerprint density at radius 3 is 2.67 bits per heavy atom. The van der Waals surface area contributed by atoms with Crippen LogP contribution in [0.4, 0.5) is 0 Å². The Morgan fingerprint density at radius 1 is 1.14 bits per heavy atom. The topological polar surface area (TPSA) is 44.5 Å². The van der Waals surface area contributed by atoms with Gasteiger partial charge in [0.25, 0.3) is 0 Å². The van der Waals surface area contributed by atoms with Gasteiger partial charge in [-0.3, -0.25) is 0 Å². The number of rotatable bonds is 4. The molecule has 0 amide bonds. The summed E-state index contributed by atoms with van der Waals surface area (Å²) in [5.74, 6) is 1.80. The molecule has 1 unspecified atom stereocenters. The molecule has 1 heterocycles. The largest absolute Gasteiger partial charge is 0.494 e. The zero-order valence-corrected chi connectivity index (χ0v) is 12.3. The van der Waals surface area contributed by atoms with Crippen molar-refractivity contribution >= 4 is 0 Å². The van der Waals surface area contributed by atoms with E-state index in [1.165, 1.54) is 0 Å². The Hall–Kier alpha value is -2.00. The molecule has 0 bridgehead atoms. The van der Waals surface area contributed by atoms with Gasteiger partial charge in [-0.1, -0.05) is 37.3 Å². The molecule has 0 aliphatic carbocycles. The number of fused-ring (bicyclic) bond motifs is 1. The highest BCUT2D eigenvalue weighted by molar-refractivity contribution is 5.39. The van der Waals surface area contributed by atoms with Gasteiger partial charge in [0, 0.05) is 18.0 Å². The van der Waals surface area contributed by atoms with Crippen LogP contribution >= 0.6 is 0 Å². The molecule has 0 aromatic heterocycles. The Balaban J connectivity index is 1.76. The normalized spacial score (nSPS) is 20.5. The van der Waals surface area contributed by atoms with Gasteiger partial charge in [0.1, 0.15) is 17.6 Å². The Bertz CT molecular complexity index is 594. The number of ether oxygens (including phenoxy) is 2. The van der Waals surface area contributed by atoms with Crippen molar-refractivity contribution in [2.45, 2.75) is 31.9 Å².